The smallest absolute Gasteiger partial charge is 0.147 e. The summed E-state index contributed by atoms with van der Waals surface area (Å²) in [6, 6.07) is 13.8. The Kier molecular flexibility index (Phi) is 4.74. The molecule has 2 aromatic carbocycles. The second-order valence-corrected chi connectivity index (χ2v) is 6.31. The summed E-state index contributed by atoms with van der Waals surface area (Å²) in [5, 5.41) is 1.05. The second-order valence-electron chi connectivity index (χ2n) is 5.47. The molecular weight excluding hydrogens is 346 g/mol. The van der Waals surface area contributed by atoms with Gasteiger partial charge in [-0.25, -0.2) is 4.39 Å². The van der Waals surface area contributed by atoms with Crippen LogP contribution in [-0.2, 0) is 0 Å². The summed E-state index contributed by atoms with van der Waals surface area (Å²) in [4.78, 5) is 4.43. The van der Waals surface area contributed by atoms with Gasteiger partial charge in [0.25, 0.3) is 0 Å². The second kappa shape index (κ2) is 6.80. The first-order valence-corrected chi connectivity index (χ1v) is 8.16. The molecule has 0 atom stereocenters. The van der Waals surface area contributed by atoms with Crippen molar-refractivity contribution in [2.45, 2.75) is 13.8 Å². The Morgan fingerprint density at radius 3 is 2.50 bits per heavy atom. The van der Waals surface area contributed by atoms with E-state index in [-0.39, 0.29) is 5.82 Å². The average molecular weight is 361 g/mol. The molecule has 0 aliphatic heterocycles. The van der Waals surface area contributed by atoms with Gasteiger partial charge in [-0.3, -0.25) is 4.99 Å². The number of hydrogen-bond acceptors (Lipinski definition) is 1. The van der Waals surface area contributed by atoms with E-state index < -0.39 is 0 Å². The highest BCUT2D eigenvalue weighted by Crippen LogP contribution is 2.28. The molecule has 0 bridgehead atoms. The first kappa shape index (κ1) is 16.7. The number of hydrogen-bond donors (Lipinski definition) is 0. The Hall–Kier alpha value is -2.10. The van der Waals surface area contributed by atoms with Gasteiger partial charge in [-0.15, -0.1) is 0 Å². The first-order chi connectivity index (χ1) is 11.5. The fourth-order valence-corrected chi connectivity index (χ4v) is 3.10. The normalized spacial score (nSPS) is 11.4. The molecule has 5 heteroatoms. The highest BCUT2D eigenvalue weighted by molar-refractivity contribution is 6.36. The monoisotopic (exact) mass is 360 g/mol. The Morgan fingerprint density at radius 1 is 1.04 bits per heavy atom. The minimum Gasteiger partial charge on any atom is -0.315 e. The van der Waals surface area contributed by atoms with E-state index in [2.05, 4.69) is 4.99 Å². The lowest BCUT2D eigenvalue weighted by atomic mass is 10.2. The van der Waals surface area contributed by atoms with Gasteiger partial charge in [0.15, 0.2) is 0 Å². The van der Waals surface area contributed by atoms with Crippen LogP contribution >= 0.6 is 23.2 Å². The summed E-state index contributed by atoms with van der Waals surface area (Å²) in [5.41, 5.74) is 3.91. The highest BCUT2D eigenvalue weighted by atomic mass is 35.5. The molecule has 0 aliphatic rings. The van der Waals surface area contributed by atoms with Gasteiger partial charge in [0.2, 0.25) is 0 Å². The quantitative estimate of drug-likeness (QED) is 0.488. The van der Waals surface area contributed by atoms with E-state index in [1.807, 2.05) is 30.5 Å². The summed E-state index contributed by atoms with van der Waals surface area (Å²) in [5.74, 6) is -0.261. The van der Waals surface area contributed by atoms with Crippen molar-refractivity contribution in [1.29, 1.82) is 0 Å². The topological polar surface area (TPSA) is 17.3 Å². The third kappa shape index (κ3) is 3.23. The number of halogens is 3. The number of nitrogens with zero attached hydrogens (tertiary/aromatic N) is 2. The molecule has 0 saturated heterocycles. The van der Waals surface area contributed by atoms with E-state index in [0.29, 0.717) is 21.4 Å². The molecule has 3 rings (SSSR count). The molecule has 0 aliphatic carbocycles. The Labute approximate surface area is 150 Å². The molecule has 0 spiro atoms. The van der Waals surface area contributed by atoms with Crippen molar-refractivity contribution in [3.63, 3.8) is 0 Å². The zero-order chi connectivity index (χ0) is 17.3. The maximum Gasteiger partial charge on any atom is 0.147 e. The van der Waals surface area contributed by atoms with Crippen molar-refractivity contribution in [1.82, 2.24) is 4.57 Å². The summed E-state index contributed by atoms with van der Waals surface area (Å²) < 4.78 is 16.0. The largest absolute Gasteiger partial charge is 0.315 e. The SMILES string of the molecule is Cc1cc(C=Nc2ccc(Cl)cc2Cl)c(C)n1-c1ccccc1F. The van der Waals surface area contributed by atoms with Crippen molar-refractivity contribution < 1.29 is 4.39 Å². The molecule has 24 heavy (non-hydrogen) atoms. The van der Waals surface area contributed by atoms with Gasteiger partial charge in [-0.1, -0.05) is 35.3 Å². The first-order valence-electron chi connectivity index (χ1n) is 7.40. The van der Waals surface area contributed by atoms with E-state index in [4.69, 9.17) is 23.2 Å². The molecule has 0 radical (unpaired) electrons. The lowest BCUT2D eigenvalue weighted by molar-refractivity contribution is 0.616. The molecule has 0 saturated carbocycles. The van der Waals surface area contributed by atoms with Gasteiger partial charge in [-0.05, 0) is 50.2 Å². The Morgan fingerprint density at radius 2 is 1.79 bits per heavy atom. The zero-order valence-corrected chi connectivity index (χ0v) is 14.7. The van der Waals surface area contributed by atoms with Crippen LogP contribution in [0.4, 0.5) is 10.1 Å². The van der Waals surface area contributed by atoms with Gasteiger partial charge in [0.1, 0.15) is 5.82 Å². The van der Waals surface area contributed by atoms with Crippen molar-refractivity contribution in [3.8, 4) is 5.69 Å². The molecule has 1 heterocycles. The Balaban J connectivity index is 2.01. The molecule has 122 valence electrons. The van der Waals surface area contributed by atoms with Gasteiger partial charge < -0.3 is 4.57 Å². The summed E-state index contributed by atoms with van der Waals surface area (Å²) in [6.07, 6.45) is 1.73. The fraction of sp³-hybridized carbons (Fsp3) is 0.105. The molecule has 1 aromatic heterocycles. The van der Waals surface area contributed by atoms with Crippen molar-refractivity contribution >= 4 is 35.1 Å². The van der Waals surface area contributed by atoms with Gasteiger partial charge in [0.05, 0.1) is 16.4 Å². The van der Waals surface area contributed by atoms with Crippen LogP contribution in [-0.4, -0.2) is 10.8 Å². The molecule has 0 N–H and O–H groups in total. The fourth-order valence-electron chi connectivity index (χ4n) is 2.65. The van der Waals surface area contributed by atoms with E-state index in [0.717, 1.165) is 17.0 Å². The standard InChI is InChI=1S/C19H15Cl2FN2/c1-12-9-14(11-23-18-8-7-15(20)10-16(18)21)13(2)24(12)19-6-4-3-5-17(19)22/h3-11H,1-2H3. The van der Waals surface area contributed by atoms with E-state index in [1.165, 1.54) is 6.07 Å². The third-order valence-corrected chi connectivity index (χ3v) is 4.35. The van der Waals surface area contributed by atoms with E-state index in [1.54, 1.807) is 36.5 Å². The predicted octanol–water partition coefficient (Wildman–Crippen LogP) is 6.29. The highest BCUT2D eigenvalue weighted by Gasteiger charge is 2.12. The summed E-state index contributed by atoms with van der Waals surface area (Å²) in [7, 11) is 0. The van der Waals surface area contributed by atoms with E-state index >= 15 is 0 Å². The number of aromatic nitrogens is 1. The van der Waals surface area contributed by atoms with Crippen LogP contribution in [0.25, 0.3) is 5.69 Å². The maximum absolute atomic E-state index is 14.1. The van der Waals surface area contributed by atoms with Crippen LogP contribution in [0.1, 0.15) is 17.0 Å². The molecule has 3 aromatic rings. The van der Waals surface area contributed by atoms with Crippen LogP contribution in [0, 0.1) is 19.7 Å². The minimum atomic E-state index is -0.261. The lowest BCUT2D eigenvalue weighted by Crippen LogP contribution is -2.02. The van der Waals surface area contributed by atoms with Crippen molar-refractivity contribution in [3.05, 3.63) is 81.3 Å². The lowest BCUT2D eigenvalue weighted by Gasteiger charge is -2.10. The Bertz CT molecular complexity index is 929. The summed E-state index contributed by atoms with van der Waals surface area (Å²) in [6.45, 7) is 3.87. The van der Waals surface area contributed by atoms with Gasteiger partial charge >= 0.3 is 0 Å². The van der Waals surface area contributed by atoms with Crippen molar-refractivity contribution in [2.75, 3.05) is 0 Å². The molecule has 0 fully saturated rings. The number of rotatable bonds is 3. The number of aliphatic imine (C=N–C) groups is 1. The van der Waals surface area contributed by atoms with Crippen LogP contribution in [0.15, 0.2) is 53.5 Å². The number of aryl methyl sites for hydroxylation is 1. The molecule has 2 nitrogen and oxygen atoms in total. The van der Waals surface area contributed by atoms with E-state index in [9.17, 15) is 4.39 Å². The van der Waals surface area contributed by atoms with Crippen LogP contribution in [0.2, 0.25) is 10.0 Å². The van der Waals surface area contributed by atoms with Crippen LogP contribution < -0.4 is 0 Å². The predicted molar refractivity (Wildman–Crippen MR) is 98.9 cm³/mol. The number of benzene rings is 2. The van der Waals surface area contributed by atoms with Crippen LogP contribution in [0.3, 0.4) is 0 Å². The van der Waals surface area contributed by atoms with Crippen molar-refractivity contribution in [2.24, 2.45) is 4.99 Å². The molecular formula is C19H15Cl2FN2. The molecule has 0 unspecified atom stereocenters. The van der Waals surface area contributed by atoms with Gasteiger partial charge in [0, 0.05) is 28.2 Å². The maximum atomic E-state index is 14.1. The average Bonchev–Trinajstić information content (AvgIpc) is 2.81. The minimum absolute atomic E-state index is 0.261. The molecule has 0 amide bonds. The summed E-state index contributed by atoms with van der Waals surface area (Å²) >= 11 is 12.0. The number of para-hydroxylation sites is 1. The van der Waals surface area contributed by atoms with Crippen LogP contribution in [0.5, 0.6) is 0 Å². The van der Waals surface area contributed by atoms with Gasteiger partial charge in [-0.2, -0.15) is 0 Å². The third-order valence-electron chi connectivity index (χ3n) is 3.82. The zero-order valence-electron chi connectivity index (χ0n) is 13.2.